The fourth-order valence-electron chi connectivity index (χ4n) is 1.67. The van der Waals surface area contributed by atoms with Crippen LogP contribution in [0.1, 0.15) is 15.9 Å². The second-order valence-electron chi connectivity index (χ2n) is 4.22. The SMILES string of the molecule is O=Cc1cc([N+](=O)[O-])ccc1Sc1ccc(C(F)(F)F)cc1. The number of hydrogen-bond donors (Lipinski definition) is 0. The Balaban J connectivity index is 2.27. The lowest BCUT2D eigenvalue weighted by Gasteiger charge is -2.08. The molecular weight excluding hydrogens is 319 g/mol. The maximum atomic E-state index is 12.5. The fraction of sp³-hybridized carbons (Fsp3) is 0.0714. The summed E-state index contributed by atoms with van der Waals surface area (Å²) in [7, 11) is 0. The van der Waals surface area contributed by atoms with E-state index in [1.165, 1.54) is 24.3 Å². The quantitative estimate of drug-likeness (QED) is 0.468. The van der Waals surface area contributed by atoms with Gasteiger partial charge >= 0.3 is 6.18 Å². The second-order valence-corrected chi connectivity index (χ2v) is 5.34. The Morgan fingerprint density at radius 2 is 1.73 bits per heavy atom. The lowest BCUT2D eigenvalue weighted by atomic mass is 10.2. The molecule has 114 valence electrons. The van der Waals surface area contributed by atoms with Crippen LogP contribution in [0.4, 0.5) is 18.9 Å². The molecule has 0 aliphatic heterocycles. The Kier molecular flexibility index (Phi) is 4.51. The molecule has 4 nitrogen and oxygen atoms in total. The first-order valence-corrected chi connectivity index (χ1v) is 6.71. The number of non-ortho nitro benzene ring substituents is 1. The summed E-state index contributed by atoms with van der Waals surface area (Å²) in [6.07, 6.45) is -3.94. The predicted octanol–water partition coefficient (Wildman–Crippen LogP) is 4.58. The van der Waals surface area contributed by atoms with Crippen molar-refractivity contribution >= 4 is 23.7 Å². The highest BCUT2D eigenvalue weighted by molar-refractivity contribution is 7.99. The number of benzene rings is 2. The van der Waals surface area contributed by atoms with E-state index in [0.717, 1.165) is 30.0 Å². The van der Waals surface area contributed by atoms with E-state index in [1.807, 2.05) is 0 Å². The molecule has 2 rings (SSSR count). The van der Waals surface area contributed by atoms with Crippen LogP contribution in [0.5, 0.6) is 0 Å². The van der Waals surface area contributed by atoms with Gasteiger partial charge in [-0.25, -0.2) is 0 Å². The van der Waals surface area contributed by atoms with Gasteiger partial charge in [0.25, 0.3) is 5.69 Å². The number of carbonyl (C=O) groups excluding carboxylic acids is 1. The summed E-state index contributed by atoms with van der Waals surface area (Å²) in [5.74, 6) is 0. The van der Waals surface area contributed by atoms with E-state index in [9.17, 15) is 28.1 Å². The number of nitrogens with zero attached hydrogens (tertiary/aromatic N) is 1. The van der Waals surface area contributed by atoms with E-state index in [-0.39, 0.29) is 11.3 Å². The molecule has 0 unspecified atom stereocenters. The highest BCUT2D eigenvalue weighted by Crippen LogP contribution is 2.34. The fourth-order valence-corrected chi connectivity index (χ4v) is 2.56. The van der Waals surface area contributed by atoms with E-state index >= 15 is 0 Å². The van der Waals surface area contributed by atoms with Crippen LogP contribution in [-0.4, -0.2) is 11.2 Å². The first-order chi connectivity index (χ1) is 10.3. The second kappa shape index (κ2) is 6.18. The Morgan fingerprint density at radius 1 is 1.09 bits per heavy atom. The van der Waals surface area contributed by atoms with Crippen LogP contribution in [0.2, 0.25) is 0 Å². The first kappa shape index (κ1) is 16.0. The van der Waals surface area contributed by atoms with Crippen molar-refractivity contribution in [3.63, 3.8) is 0 Å². The number of aldehydes is 1. The number of alkyl halides is 3. The number of hydrogen-bond acceptors (Lipinski definition) is 4. The van der Waals surface area contributed by atoms with Crippen LogP contribution in [0.25, 0.3) is 0 Å². The van der Waals surface area contributed by atoms with Crippen molar-refractivity contribution in [3.8, 4) is 0 Å². The topological polar surface area (TPSA) is 60.2 Å². The molecule has 0 aromatic heterocycles. The molecule has 0 amide bonds. The van der Waals surface area contributed by atoms with Crippen LogP contribution in [-0.2, 0) is 6.18 Å². The normalized spacial score (nSPS) is 11.2. The van der Waals surface area contributed by atoms with E-state index < -0.39 is 16.7 Å². The molecule has 8 heteroatoms. The minimum atomic E-state index is -4.41. The van der Waals surface area contributed by atoms with Gasteiger partial charge in [0.15, 0.2) is 6.29 Å². The highest BCUT2D eigenvalue weighted by atomic mass is 32.2. The number of nitro benzene ring substituents is 1. The van der Waals surface area contributed by atoms with Crippen molar-refractivity contribution in [2.45, 2.75) is 16.0 Å². The largest absolute Gasteiger partial charge is 0.416 e. The van der Waals surface area contributed by atoms with Crippen molar-refractivity contribution in [1.82, 2.24) is 0 Å². The molecule has 0 fully saturated rings. The number of halogens is 3. The smallest absolute Gasteiger partial charge is 0.298 e. The molecular formula is C14H8F3NO3S. The zero-order valence-electron chi connectivity index (χ0n) is 10.8. The standard InChI is InChI=1S/C14H8F3NO3S/c15-14(16,17)10-1-4-12(5-2-10)22-13-6-3-11(18(20)21)7-9(13)8-19/h1-8H. The number of carbonyl (C=O) groups is 1. The molecule has 0 heterocycles. The lowest BCUT2D eigenvalue weighted by Crippen LogP contribution is -2.03. The van der Waals surface area contributed by atoms with Crippen LogP contribution < -0.4 is 0 Å². The average Bonchev–Trinajstić information content (AvgIpc) is 2.47. The molecule has 0 saturated heterocycles. The highest BCUT2D eigenvalue weighted by Gasteiger charge is 2.29. The molecule has 0 spiro atoms. The van der Waals surface area contributed by atoms with Gasteiger partial charge in [0.2, 0.25) is 0 Å². The van der Waals surface area contributed by atoms with Gasteiger partial charge in [-0.3, -0.25) is 14.9 Å². The number of nitro groups is 1. The summed E-state index contributed by atoms with van der Waals surface area (Å²) in [6.45, 7) is 0. The summed E-state index contributed by atoms with van der Waals surface area (Å²) in [5, 5.41) is 10.6. The Hall–Kier alpha value is -2.35. The van der Waals surface area contributed by atoms with Crippen molar-refractivity contribution < 1.29 is 22.9 Å². The van der Waals surface area contributed by atoms with Crippen molar-refractivity contribution in [3.05, 3.63) is 63.7 Å². The molecule has 0 radical (unpaired) electrons. The Bertz CT molecular complexity index is 714. The van der Waals surface area contributed by atoms with Gasteiger partial charge in [-0.2, -0.15) is 13.2 Å². The first-order valence-electron chi connectivity index (χ1n) is 5.90. The molecule has 2 aromatic carbocycles. The van der Waals surface area contributed by atoms with E-state index in [1.54, 1.807) is 0 Å². The predicted molar refractivity (Wildman–Crippen MR) is 74.1 cm³/mol. The number of rotatable bonds is 4. The summed E-state index contributed by atoms with van der Waals surface area (Å²) >= 11 is 1.06. The Labute approximate surface area is 127 Å². The zero-order valence-corrected chi connectivity index (χ0v) is 11.6. The van der Waals surface area contributed by atoms with Gasteiger partial charge in [0.05, 0.1) is 10.5 Å². The van der Waals surface area contributed by atoms with Gasteiger partial charge in [-0.1, -0.05) is 11.8 Å². The van der Waals surface area contributed by atoms with Crippen molar-refractivity contribution in [2.24, 2.45) is 0 Å². The van der Waals surface area contributed by atoms with Gasteiger partial charge in [-0.15, -0.1) is 0 Å². The summed E-state index contributed by atoms with van der Waals surface area (Å²) in [5.41, 5.74) is -0.880. The molecule has 0 saturated carbocycles. The Morgan fingerprint density at radius 3 is 2.23 bits per heavy atom. The zero-order chi connectivity index (χ0) is 16.3. The minimum Gasteiger partial charge on any atom is -0.298 e. The third kappa shape index (κ3) is 3.64. The maximum absolute atomic E-state index is 12.5. The molecule has 2 aromatic rings. The van der Waals surface area contributed by atoms with E-state index in [0.29, 0.717) is 16.1 Å². The maximum Gasteiger partial charge on any atom is 0.416 e. The van der Waals surface area contributed by atoms with Crippen LogP contribution in [0.3, 0.4) is 0 Å². The molecule has 0 aliphatic carbocycles. The van der Waals surface area contributed by atoms with E-state index in [2.05, 4.69) is 0 Å². The summed E-state index contributed by atoms with van der Waals surface area (Å²) in [4.78, 5) is 21.9. The lowest BCUT2D eigenvalue weighted by molar-refractivity contribution is -0.384. The minimum absolute atomic E-state index is 0.110. The van der Waals surface area contributed by atoms with Crippen LogP contribution in [0, 0.1) is 10.1 Å². The van der Waals surface area contributed by atoms with Gasteiger partial charge in [0.1, 0.15) is 0 Å². The van der Waals surface area contributed by atoms with Gasteiger partial charge < -0.3 is 0 Å². The summed E-state index contributed by atoms with van der Waals surface area (Å²) in [6, 6.07) is 8.19. The monoisotopic (exact) mass is 327 g/mol. The van der Waals surface area contributed by atoms with Gasteiger partial charge in [-0.05, 0) is 30.3 Å². The van der Waals surface area contributed by atoms with Gasteiger partial charge in [0, 0.05) is 27.5 Å². The van der Waals surface area contributed by atoms with Crippen LogP contribution >= 0.6 is 11.8 Å². The molecule has 22 heavy (non-hydrogen) atoms. The average molecular weight is 327 g/mol. The molecule has 0 bridgehead atoms. The molecule has 0 atom stereocenters. The third-order valence-electron chi connectivity index (χ3n) is 2.74. The van der Waals surface area contributed by atoms with Crippen molar-refractivity contribution in [1.29, 1.82) is 0 Å². The van der Waals surface area contributed by atoms with Crippen molar-refractivity contribution in [2.75, 3.05) is 0 Å². The summed E-state index contributed by atoms with van der Waals surface area (Å²) < 4.78 is 37.4. The van der Waals surface area contributed by atoms with Crippen LogP contribution in [0.15, 0.2) is 52.3 Å². The third-order valence-corrected chi connectivity index (χ3v) is 3.84. The molecule has 0 aliphatic rings. The van der Waals surface area contributed by atoms with E-state index in [4.69, 9.17) is 0 Å². The molecule has 0 N–H and O–H groups in total.